The van der Waals surface area contributed by atoms with Crippen molar-refractivity contribution in [3.8, 4) is 56.0 Å². The van der Waals surface area contributed by atoms with Gasteiger partial charge in [0.15, 0.2) is 0 Å². The maximum absolute atomic E-state index is 7.12. The molecule has 5 heteroatoms. The van der Waals surface area contributed by atoms with Gasteiger partial charge >= 0.3 is 0 Å². The zero-order valence-electron chi connectivity index (χ0n) is 54.6. The first-order valence-corrected chi connectivity index (χ1v) is 30.8. The molecule has 1 aromatic heterocycles. The van der Waals surface area contributed by atoms with E-state index in [1.807, 2.05) is 6.20 Å². The molecule has 0 spiro atoms. The molecule has 3 heterocycles. The first kappa shape index (κ1) is 58.9. The number of benzene rings is 8. The van der Waals surface area contributed by atoms with Crippen molar-refractivity contribution in [1.82, 2.24) is 4.98 Å². The number of aryl methyl sites for hydroxylation is 2. The van der Waals surface area contributed by atoms with E-state index in [0.29, 0.717) is 6.67 Å². The molecule has 5 nitrogen and oxygen atoms in total. The third-order valence-corrected chi connectivity index (χ3v) is 17.6. The molecule has 8 aromatic carbocycles. The predicted molar refractivity (Wildman–Crippen MR) is 364 cm³/mol. The molecule has 0 radical (unpaired) electrons. The molecule has 0 N–H and O–H groups in total. The molecular formula is C80H90N4O. The molecule has 0 saturated heterocycles. The Morgan fingerprint density at radius 3 is 1.33 bits per heavy atom. The highest BCUT2D eigenvalue weighted by molar-refractivity contribution is 6.04. The third-order valence-electron chi connectivity index (χ3n) is 17.6. The summed E-state index contributed by atoms with van der Waals surface area (Å²) in [7, 11) is 0. The molecule has 0 aliphatic carbocycles. The number of aromatic nitrogens is 1. The summed E-state index contributed by atoms with van der Waals surface area (Å²) >= 11 is 0. The van der Waals surface area contributed by atoms with Crippen molar-refractivity contribution >= 4 is 39.9 Å². The number of hydrogen-bond acceptors (Lipinski definition) is 5. The van der Waals surface area contributed by atoms with Crippen LogP contribution in [0.3, 0.4) is 0 Å². The fourth-order valence-electron chi connectivity index (χ4n) is 12.8. The second kappa shape index (κ2) is 21.0. The molecule has 9 aromatic rings. The van der Waals surface area contributed by atoms with Gasteiger partial charge in [-0.25, -0.2) is 4.98 Å². The number of pyridine rings is 1. The maximum atomic E-state index is 7.12. The summed E-state index contributed by atoms with van der Waals surface area (Å²) in [6, 6.07) is 61.2. The van der Waals surface area contributed by atoms with Crippen LogP contribution >= 0.6 is 0 Å². The second-order valence-electron chi connectivity index (χ2n) is 30.4. The Kier molecular flexibility index (Phi) is 14.5. The fourth-order valence-corrected chi connectivity index (χ4v) is 12.8. The van der Waals surface area contributed by atoms with Gasteiger partial charge in [-0.1, -0.05) is 210 Å². The van der Waals surface area contributed by atoms with E-state index >= 15 is 0 Å². The van der Waals surface area contributed by atoms with Crippen molar-refractivity contribution in [2.75, 3.05) is 21.4 Å². The molecule has 0 fully saturated rings. The van der Waals surface area contributed by atoms with Gasteiger partial charge in [0.1, 0.15) is 24.0 Å². The third kappa shape index (κ3) is 11.1. The van der Waals surface area contributed by atoms with E-state index in [2.05, 4.69) is 317 Å². The van der Waals surface area contributed by atoms with Crippen molar-refractivity contribution in [2.24, 2.45) is 0 Å². The summed E-state index contributed by atoms with van der Waals surface area (Å²) in [5.41, 5.74) is 26.4. The van der Waals surface area contributed by atoms with Crippen LogP contribution in [0.4, 0.5) is 39.9 Å². The lowest BCUT2D eigenvalue weighted by molar-refractivity contribution is 0.483. The van der Waals surface area contributed by atoms with Crippen molar-refractivity contribution < 1.29 is 4.74 Å². The fraction of sp³-hybridized carbons (Fsp3) is 0.338. The van der Waals surface area contributed by atoms with Gasteiger partial charge in [0.05, 0.1) is 28.4 Å². The molecule has 11 rings (SSSR count). The smallest absolute Gasteiger partial charge is 0.137 e. The second-order valence-corrected chi connectivity index (χ2v) is 30.4. The summed E-state index contributed by atoms with van der Waals surface area (Å²) < 4.78 is 7.12. The van der Waals surface area contributed by atoms with Crippen LogP contribution in [-0.2, 0) is 32.5 Å². The quantitative estimate of drug-likeness (QED) is 0.159. The molecule has 0 bridgehead atoms. The lowest BCUT2D eigenvalue weighted by atomic mass is 9.72. The number of fused-ring (bicyclic) bond motifs is 6. The summed E-state index contributed by atoms with van der Waals surface area (Å²) in [6.07, 6.45) is 1.95. The average Bonchev–Trinajstić information content (AvgIpc) is 1.76. The van der Waals surface area contributed by atoms with Crippen LogP contribution in [0.5, 0.6) is 11.5 Å². The van der Waals surface area contributed by atoms with Crippen molar-refractivity contribution in [3.63, 3.8) is 0 Å². The van der Waals surface area contributed by atoms with Gasteiger partial charge in [-0.15, -0.1) is 0 Å². The van der Waals surface area contributed by atoms with Gasteiger partial charge in [-0.05, 0) is 180 Å². The minimum atomic E-state index is -0.161. The molecule has 0 amide bonds. The van der Waals surface area contributed by atoms with E-state index in [9.17, 15) is 0 Å². The first-order valence-electron chi connectivity index (χ1n) is 30.8. The number of rotatable bonds is 7. The standard InChI is InChI=1S/C80H90N4O/c1-50-40-53(76(6,7)8)44-65(79(15,16)17)72(50)63-42-55(78(12,13)14)43-64(73-51(2)41-54(77(9,10)11)45-66(73)80(18,19)20)74(63)83-49-82(68-34-25-26-35-69(68)83)56-28-27-29-57(47-56)85-58-36-37-62-60-31-22-21-30-59(60)61-32-23-24-33-67(61)84(70(62)48-58)71-46-52(38-39-81-71)75(3,4)5/h21-48H,49H2,1-20H3. The van der Waals surface area contributed by atoms with E-state index in [4.69, 9.17) is 9.72 Å². The van der Waals surface area contributed by atoms with Crippen LogP contribution in [0.15, 0.2) is 170 Å². The molecule has 0 unspecified atom stereocenters. The number of nitrogens with zero attached hydrogens (tertiary/aromatic N) is 4. The highest BCUT2D eigenvalue weighted by atomic mass is 16.5. The van der Waals surface area contributed by atoms with E-state index < -0.39 is 0 Å². The number of hydrogen-bond donors (Lipinski definition) is 0. The molecule has 436 valence electrons. The Bertz CT molecular complexity index is 3960. The van der Waals surface area contributed by atoms with Crippen molar-refractivity contribution in [2.45, 2.75) is 171 Å². The van der Waals surface area contributed by atoms with E-state index in [1.54, 1.807) is 0 Å². The summed E-state index contributed by atoms with van der Waals surface area (Å²) in [5.74, 6) is 2.36. The maximum Gasteiger partial charge on any atom is 0.137 e. The summed E-state index contributed by atoms with van der Waals surface area (Å²) in [5, 5.41) is 0. The van der Waals surface area contributed by atoms with Gasteiger partial charge in [0, 0.05) is 46.3 Å². The van der Waals surface area contributed by atoms with Crippen LogP contribution in [0.25, 0.3) is 44.5 Å². The lowest BCUT2D eigenvalue weighted by Gasteiger charge is -2.36. The molecule has 0 saturated carbocycles. The minimum Gasteiger partial charge on any atom is -0.457 e. The Labute approximate surface area is 509 Å². The Balaban J connectivity index is 1.09. The zero-order chi connectivity index (χ0) is 61.1. The topological polar surface area (TPSA) is 31.8 Å². The number of ether oxygens (including phenoxy) is 1. The average molecular weight is 1120 g/mol. The van der Waals surface area contributed by atoms with Gasteiger partial charge in [0.2, 0.25) is 0 Å². The van der Waals surface area contributed by atoms with Crippen molar-refractivity contribution in [3.05, 3.63) is 214 Å². The molecule has 2 aliphatic heterocycles. The van der Waals surface area contributed by atoms with E-state index in [-0.39, 0.29) is 32.5 Å². The highest BCUT2D eigenvalue weighted by Gasteiger charge is 2.38. The lowest BCUT2D eigenvalue weighted by Crippen LogP contribution is -2.26. The molecule has 0 atom stereocenters. The van der Waals surface area contributed by atoms with Crippen molar-refractivity contribution in [1.29, 1.82) is 0 Å². The normalized spacial score (nSPS) is 13.8. The Morgan fingerprint density at radius 1 is 0.353 bits per heavy atom. The minimum absolute atomic E-state index is 0.0289. The Morgan fingerprint density at radius 2 is 0.812 bits per heavy atom. The van der Waals surface area contributed by atoms with Crippen LogP contribution in [0.1, 0.15) is 169 Å². The molecular weight excluding hydrogens is 1030 g/mol. The van der Waals surface area contributed by atoms with E-state index in [0.717, 1.165) is 56.9 Å². The number of anilines is 7. The largest absolute Gasteiger partial charge is 0.457 e. The van der Waals surface area contributed by atoms with Crippen LogP contribution in [0, 0.1) is 13.8 Å². The monoisotopic (exact) mass is 1120 g/mol. The number of para-hydroxylation sites is 3. The first-order chi connectivity index (χ1) is 39.8. The van der Waals surface area contributed by atoms with Crippen LogP contribution in [-0.4, -0.2) is 11.7 Å². The predicted octanol–water partition coefficient (Wildman–Crippen LogP) is 23.0. The van der Waals surface area contributed by atoms with Gasteiger partial charge in [0.25, 0.3) is 0 Å². The van der Waals surface area contributed by atoms with Crippen LogP contribution in [0.2, 0.25) is 0 Å². The molecule has 85 heavy (non-hydrogen) atoms. The SMILES string of the molecule is Cc1cc(C(C)(C)C)cc(C(C)(C)C)c1-c1cc(C(C)(C)C)cc(-c2c(C)cc(C(C)(C)C)cc2C(C)(C)C)c1N1CN(c2cccc(Oc3ccc4c(c3)N(c3cc(C(C)(C)C)ccn3)c3ccccc3-c3ccccc3-4)c2)c2ccccc21. The van der Waals surface area contributed by atoms with Gasteiger partial charge in [-0.2, -0.15) is 0 Å². The summed E-state index contributed by atoms with van der Waals surface area (Å²) in [6.45, 7) is 47.6. The molecule has 2 aliphatic rings. The zero-order valence-corrected chi connectivity index (χ0v) is 54.6. The highest BCUT2D eigenvalue weighted by Crippen LogP contribution is 2.57. The van der Waals surface area contributed by atoms with Crippen LogP contribution < -0.4 is 19.4 Å². The van der Waals surface area contributed by atoms with Gasteiger partial charge in [-0.3, -0.25) is 4.90 Å². The van der Waals surface area contributed by atoms with E-state index in [1.165, 1.54) is 83.6 Å². The Hall–Kier alpha value is -7.89. The van der Waals surface area contributed by atoms with Gasteiger partial charge < -0.3 is 14.5 Å². The summed E-state index contributed by atoms with van der Waals surface area (Å²) in [4.78, 5) is 12.5.